The average molecular weight is 495 g/mol. The number of hydrogen-bond acceptors (Lipinski definition) is 6. The smallest absolute Gasteiger partial charge is 0.339 e. The maximum Gasteiger partial charge on any atom is 0.339 e. The fraction of sp³-hybridized carbons (Fsp3) is 0. The molecule has 0 aromatic heterocycles. The Hall–Kier alpha value is -1.95. The van der Waals surface area contributed by atoms with Crippen molar-refractivity contribution in [2.24, 2.45) is 4.99 Å². The molecule has 25 heavy (non-hydrogen) atoms. The van der Waals surface area contributed by atoms with Crippen LogP contribution in [0.4, 0.5) is 5.69 Å². The fourth-order valence-electron chi connectivity index (χ4n) is 1.83. The van der Waals surface area contributed by atoms with Crippen molar-refractivity contribution in [3.8, 4) is 11.5 Å². The zero-order valence-corrected chi connectivity index (χ0v) is 16.0. The van der Waals surface area contributed by atoms with E-state index in [2.05, 4.69) is 36.9 Å². The molecule has 0 radical (unpaired) electrons. The maximum absolute atomic E-state index is 11.3. The molecule has 0 unspecified atom stereocenters. The van der Waals surface area contributed by atoms with E-state index in [0.29, 0.717) is 15.0 Å². The van der Waals surface area contributed by atoms with Crippen LogP contribution >= 0.6 is 31.9 Å². The zero-order chi connectivity index (χ0) is 18.9. The summed E-state index contributed by atoms with van der Waals surface area (Å²) < 4.78 is 32.6. The fourth-order valence-corrected chi connectivity index (χ4v) is 3.61. The quantitative estimate of drug-likeness (QED) is 0.376. The monoisotopic (exact) mass is 493 g/mol. The van der Waals surface area contributed by atoms with Crippen molar-refractivity contribution in [1.82, 2.24) is 0 Å². The zero-order valence-electron chi connectivity index (χ0n) is 12.0. The van der Waals surface area contributed by atoms with E-state index in [1.807, 2.05) is 0 Å². The molecular weight excluding hydrogens is 486 g/mol. The summed E-state index contributed by atoms with van der Waals surface area (Å²) in [5.41, 5.74) is -0.959. The van der Waals surface area contributed by atoms with Crippen molar-refractivity contribution in [2.45, 2.75) is 4.90 Å². The summed E-state index contributed by atoms with van der Waals surface area (Å²) in [6.07, 6.45) is 1.10. The minimum atomic E-state index is -4.72. The highest BCUT2D eigenvalue weighted by atomic mass is 79.9. The number of benzene rings is 2. The Kier molecular flexibility index (Phi) is 5.52. The molecular formula is C14H9Br2NO7S. The second kappa shape index (κ2) is 7.12. The molecule has 4 N–H and O–H groups in total. The van der Waals surface area contributed by atoms with Gasteiger partial charge in [0.1, 0.15) is 17.0 Å². The predicted molar refractivity (Wildman–Crippen MR) is 95.6 cm³/mol. The molecule has 0 aliphatic rings. The first-order valence-electron chi connectivity index (χ1n) is 6.30. The molecule has 11 heteroatoms. The summed E-state index contributed by atoms with van der Waals surface area (Å²) in [5.74, 6) is -2.56. The molecule has 2 aromatic rings. The highest BCUT2D eigenvalue weighted by Gasteiger charge is 2.20. The summed E-state index contributed by atoms with van der Waals surface area (Å²) in [6, 6.07) is 4.48. The van der Waals surface area contributed by atoms with Crippen LogP contribution in [0.15, 0.2) is 43.1 Å². The van der Waals surface area contributed by atoms with Gasteiger partial charge in [0.2, 0.25) is 0 Å². The van der Waals surface area contributed by atoms with Crippen LogP contribution in [0.2, 0.25) is 0 Å². The Bertz CT molecular complexity index is 1000. The van der Waals surface area contributed by atoms with E-state index in [-0.39, 0.29) is 11.3 Å². The van der Waals surface area contributed by atoms with Crippen molar-refractivity contribution in [3.63, 3.8) is 0 Å². The molecule has 0 fully saturated rings. The molecule has 0 aliphatic heterocycles. The summed E-state index contributed by atoms with van der Waals surface area (Å²) in [6.45, 7) is 0. The second-order valence-electron chi connectivity index (χ2n) is 4.70. The molecule has 8 nitrogen and oxygen atoms in total. The van der Waals surface area contributed by atoms with Crippen LogP contribution in [-0.2, 0) is 10.1 Å². The molecule has 0 saturated heterocycles. The maximum atomic E-state index is 11.3. The van der Waals surface area contributed by atoms with Crippen molar-refractivity contribution >= 4 is 59.8 Å². The van der Waals surface area contributed by atoms with Crippen LogP contribution in [0, 0.1) is 0 Å². The Morgan fingerprint density at radius 2 is 1.72 bits per heavy atom. The van der Waals surface area contributed by atoms with E-state index in [0.717, 1.165) is 12.3 Å². The van der Waals surface area contributed by atoms with Gasteiger partial charge in [-0.2, -0.15) is 8.42 Å². The molecule has 0 spiro atoms. The minimum absolute atomic E-state index is 0.171. The van der Waals surface area contributed by atoms with Gasteiger partial charge in [0, 0.05) is 16.3 Å². The lowest BCUT2D eigenvalue weighted by atomic mass is 10.1. The van der Waals surface area contributed by atoms with Crippen LogP contribution in [-0.4, -0.2) is 40.5 Å². The number of aromatic hydroxyl groups is 2. The van der Waals surface area contributed by atoms with Gasteiger partial charge in [-0.05, 0) is 40.2 Å². The van der Waals surface area contributed by atoms with E-state index in [9.17, 15) is 23.4 Å². The predicted octanol–water partition coefficient (Wildman–Crippen LogP) is 3.32. The van der Waals surface area contributed by atoms with Crippen LogP contribution in [0.3, 0.4) is 0 Å². The summed E-state index contributed by atoms with van der Waals surface area (Å²) in [7, 11) is -4.72. The van der Waals surface area contributed by atoms with E-state index < -0.39 is 38.0 Å². The highest BCUT2D eigenvalue weighted by Crippen LogP contribution is 2.35. The largest absolute Gasteiger partial charge is 0.506 e. The topological polar surface area (TPSA) is 144 Å². The molecule has 0 aliphatic carbocycles. The number of hydrogen-bond donors (Lipinski definition) is 4. The lowest BCUT2D eigenvalue weighted by Crippen LogP contribution is -2.03. The SMILES string of the molecule is O=C(O)c1cc(S(=O)(=O)O)cc(N=Cc2cc(Br)cc(Br)c2O)c1O. The highest BCUT2D eigenvalue weighted by molar-refractivity contribution is 9.11. The van der Waals surface area contributed by atoms with Crippen molar-refractivity contribution in [1.29, 1.82) is 0 Å². The first kappa shape index (κ1) is 19.4. The number of phenolic OH excluding ortho intramolecular Hbond substituents is 1. The average Bonchev–Trinajstić information content (AvgIpc) is 2.49. The van der Waals surface area contributed by atoms with Crippen molar-refractivity contribution in [2.75, 3.05) is 0 Å². The minimum Gasteiger partial charge on any atom is -0.506 e. The molecule has 0 heterocycles. The molecule has 132 valence electrons. The Morgan fingerprint density at radius 3 is 2.28 bits per heavy atom. The number of rotatable bonds is 4. The third-order valence-electron chi connectivity index (χ3n) is 2.99. The van der Waals surface area contributed by atoms with E-state index in [1.165, 1.54) is 6.07 Å². The first-order valence-corrected chi connectivity index (χ1v) is 9.33. The summed E-state index contributed by atoms with van der Waals surface area (Å²) >= 11 is 6.34. The van der Waals surface area contributed by atoms with Crippen molar-refractivity contribution in [3.05, 3.63) is 44.3 Å². The number of carboxylic acids is 1. The second-order valence-corrected chi connectivity index (χ2v) is 7.89. The lowest BCUT2D eigenvalue weighted by molar-refractivity contribution is 0.0693. The van der Waals surface area contributed by atoms with Gasteiger partial charge in [0.15, 0.2) is 5.75 Å². The van der Waals surface area contributed by atoms with E-state index >= 15 is 0 Å². The van der Waals surface area contributed by atoms with Gasteiger partial charge in [0.05, 0.1) is 9.37 Å². The van der Waals surface area contributed by atoms with Gasteiger partial charge in [-0.25, -0.2) is 4.79 Å². The molecule has 0 atom stereocenters. The molecule has 2 rings (SSSR count). The number of aromatic carboxylic acids is 1. The van der Waals surface area contributed by atoms with Crippen LogP contribution in [0.25, 0.3) is 0 Å². The third kappa shape index (κ3) is 4.37. The van der Waals surface area contributed by atoms with Crippen LogP contribution < -0.4 is 0 Å². The normalized spacial score (nSPS) is 11.8. The van der Waals surface area contributed by atoms with Gasteiger partial charge in [0.25, 0.3) is 10.1 Å². The van der Waals surface area contributed by atoms with E-state index in [1.54, 1.807) is 6.07 Å². The Labute approximate surface area is 158 Å². The molecule has 0 saturated carbocycles. The summed E-state index contributed by atoms with van der Waals surface area (Å²) in [4.78, 5) is 14.2. The Balaban J connectivity index is 2.63. The number of aliphatic imine (C=N–C) groups is 1. The number of carboxylic acid groups (broad SMARTS) is 1. The first-order chi connectivity index (χ1) is 11.5. The van der Waals surface area contributed by atoms with Gasteiger partial charge in [-0.1, -0.05) is 15.9 Å². The van der Waals surface area contributed by atoms with Crippen LogP contribution in [0.5, 0.6) is 11.5 Å². The van der Waals surface area contributed by atoms with Crippen molar-refractivity contribution < 1.29 is 33.1 Å². The lowest BCUT2D eigenvalue weighted by Gasteiger charge is -2.07. The van der Waals surface area contributed by atoms with Gasteiger partial charge >= 0.3 is 5.97 Å². The number of nitrogens with zero attached hydrogens (tertiary/aromatic N) is 1. The summed E-state index contributed by atoms with van der Waals surface area (Å²) in [5, 5.41) is 28.9. The van der Waals surface area contributed by atoms with Crippen LogP contribution in [0.1, 0.15) is 15.9 Å². The molecule has 0 bridgehead atoms. The van der Waals surface area contributed by atoms with Gasteiger partial charge in [-0.15, -0.1) is 0 Å². The molecule has 2 aromatic carbocycles. The van der Waals surface area contributed by atoms with Gasteiger partial charge in [-0.3, -0.25) is 9.55 Å². The van der Waals surface area contributed by atoms with Gasteiger partial charge < -0.3 is 15.3 Å². The third-order valence-corrected chi connectivity index (χ3v) is 4.89. The number of phenols is 2. The molecule has 0 amide bonds. The standard InChI is InChI=1S/C14H9Br2NO7S/c15-7-1-6(12(18)10(16)2-7)5-17-11-4-8(25(22,23)24)3-9(13(11)19)14(20)21/h1-5,18-19H,(H,20,21)(H,22,23,24). The number of carbonyl (C=O) groups is 1. The Morgan fingerprint density at radius 1 is 1.08 bits per heavy atom. The van der Waals surface area contributed by atoms with E-state index in [4.69, 9.17) is 9.66 Å². The number of halogens is 2.